The summed E-state index contributed by atoms with van der Waals surface area (Å²) in [7, 11) is -4.63. The van der Waals surface area contributed by atoms with Gasteiger partial charge in [-0.1, -0.05) is 140 Å². The molecule has 12 heteroatoms. The van der Waals surface area contributed by atoms with Gasteiger partial charge < -0.3 is 29.7 Å². The SMILES string of the molecule is CCCCCCCC/C=C\CCCCCCCC(=O)OCC(COP(=O)(O)OCC(O)CO)OC(=O)CCCCCCC/C=C\C=C\C(O)CCCCC. The highest BCUT2D eigenvalue weighted by Crippen LogP contribution is 2.43. The largest absolute Gasteiger partial charge is 0.472 e. The van der Waals surface area contributed by atoms with Crippen LogP contribution in [0.3, 0.4) is 0 Å². The van der Waals surface area contributed by atoms with Crippen LogP contribution in [0.1, 0.15) is 174 Å². The van der Waals surface area contributed by atoms with Gasteiger partial charge in [0, 0.05) is 12.8 Å². The van der Waals surface area contributed by atoms with Gasteiger partial charge in [-0.05, 0) is 57.8 Å². The van der Waals surface area contributed by atoms with Crippen molar-refractivity contribution in [1.29, 1.82) is 0 Å². The molecule has 4 atom stereocenters. The molecule has 0 aromatic rings. The van der Waals surface area contributed by atoms with Crippen LogP contribution in [0.25, 0.3) is 0 Å². The molecule has 0 spiro atoms. The summed E-state index contributed by atoms with van der Waals surface area (Å²) in [4.78, 5) is 34.9. The Morgan fingerprint density at radius 1 is 0.611 bits per heavy atom. The van der Waals surface area contributed by atoms with Crippen LogP contribution < -0.4 is 0 Å². The zero-order chi connectivity index (χ0) is 40.0. The van der Waals surface area contributed by atoms with E-state index < -0.39 is 51.8 Å². The van der Waals surface area contributed by atoms with Crippen molar-refractivity contribution in [2.45, 2.75) is 193 Å². The smallest absolute Gasteiger partial charge is 0.462 e. The minimum Gasteiger partial charge on any atom is -0.462 e. The highest BCUT2D eigenvalue weighted by atomic mass is 31.2. The molecule has 0 rings (SSSR count). The fourth-order valence-corrected chi connectivity index (χ4v) is 6.33. The van der Waals surface area contributed by atoms with E-state index in [1.807, 2.05) is 18.2 Å². The first-order valence-electron chi connectivity index (χ1n) is 21.1. The predicted octanol–water partition coefficient (Wildman–Crippen LogP) is 9.75. The molecule has 0 aromatic heterocycles. The molecule has 316 valence electrons. The van der Waals surface area contributed by atoms with Gasteiger partial charge in [0.1, 0.15) is 12.7 Å². The van der Waals surface area contributed by atoms with Crippen LogP contribution in [0.2, 0.25) is 0 Å². The Kier molecular flexibility index (Phi) is 36.7. The van der Waals surface area contributed by atoms with Crippen molar-refractivity contribution in [2.24, 2.45) is 0 Å². The van der Waals surface area contributed by atoms with Gasteiger partial charge in [0.05, 0.1) is 25.9 Å². The zero-order valence-corrected chi connectivity index (χ0v) is 34.7. The van der Waals surface area contributed by atoms with E-state index in [0.717, 1.165) is 96.3 Å². The van der Waals surface area contributed by atoms with E-state index in [1.165, 1.54) is 38.5 Å². The number of carbonyl (C=O) groups excluding carboxylic acids is 2. The van der Waals surface area contributed by atoms with Crippen molar-refractivity contribution in [2.75, 3.05) is 26.4 Å². The number of phosphoric ester groups is 1. The Balaban J connectivity index is 4.40. The quantitative estimate of drug-likeness (QED) is 0.0154. The molecule has 11 nitrogen and oxygen atoms in total. The number of esters is 2. The second-order valence-electron chi connectivity index (χ2n) is 14.2. The summed E-state index contributed by atoms with van der Waals surface area (Å²) in [6, 6.07) is 0. The van der Waals surface area contributed by atoms with Crippen molar-refractivity contribution in [3.8, 4) is 0 Å². The topological polar surface area (TPSA) is 169 Å². The molecule has 54 heavy (non-hydrogen) atoms. The van der Waals surface area contributed by atoms with Crippen LogP contribution in [0, 0.1) is 0 Å². The molecule has 4 N–H and O–H groups in total. The number of ether oxygens (including phenoxy) is 2. The van der Waals surface area contributed by atoms with Crippen LogP contribution >= 0.6 is 7.82 Å². The molecule has 0 heterocycles. The number of aliphatic hydroxyl groups excluding tert-OH is 3. The van der Waals surface area contributed by atoms with Gasteiger partial charge in [-0.15, -0.1) is 0 Å². The van der Waals surface area contributed by atoms with Gasteiger partial charge in [-0.3, -0.25) is 18.6 Å². The van der Waals surface area contributed by atoms with Gasteiger partial charge in [-0.25, -0.2) is 4.57 Å². The monoisotopic (exact) mass is 789 g/mol. The Bertz CT molecular complexity index is 1020. The Morgan fingerprint density at radius 3 is 1.70 bits per heavy atom. The molecule has 0 fully saturated rings. The van der Waals surface area contributed by atoms with Crippen molar-refractivity contribution >= 4 is 19.8 Å². The number of unbranched alkanes of at least 4 members (excludes halogenated alkanes) is 18. The number of phosphoric acid groups is 1. The minimum absolute atomic E-state index is 0.140. The summed E-state index contributed by atoms with van der Waals surface area (Å²) in [5.74, 6) is -0.984. The molecule has 0 saturated heterocycles. The van der Waals surface area contributed by atoms with Crippen LogP contribution in [-0.2, 0) is 32.7 Å². The Hall–Kier alpha value is -1.85. The van der Waals surface area contributed by atoms with E-state index in [2.05, 4.69) is 36.6 Å². The lowest BCUT2D eigenvalue weighted by molar-refractivity contribution is -0.161. The van der Waals surface area contributed by atoms with Crippen molar-refractivity contribution in [1.82, 2.24) is 0 Å². The molecular formula is C42H77O11P. The van der Waals surface area contributed by atoms with E-state index >= 15 is 0 Å². The van der Waals surface area contributed by atoms with E-state index in [0.29, 0.717) is 12.8 Å². The number of allylic oxidation sites excluding steroid dienone is 5. The minimum atomic E-state index is -4.63. The number of hydrogen-bond donors (Lipinski definition) is 4. The molecule has 0 bridgehead atoms. The number of aliphatic hydroxyl groups is 3. The van der Waals surface area contributed by atoms with Gasteiger partial charge in [-0.2, -0.15) is 0 Å². The molecule has 0 amide bonds. The van der Waals surface area contributed by atoms with Crippen LogP contribution in [0.5, 0.6) is 0 Å². The van der Waals surface area contributed by atoms with Crippen molar-refractivity contribution in [3.63, 3.8) is 0 Å². The van der Waals surface area contributed by atoms with E-state index in [1.54, 1.807) is 0 Å². The van der Waals surface area contributed by atoms with Gasteiger partial charge >= 0.3 is 19.8 Å². The first-order chi connectivity index (χ1) is 26.1. The molecule has 4 unspecified atom stereocenters. The third-order valence-electron chi connectivity index (χ3n) is 8.87. The summed E-state index contributed by atoms with van der Waals surface area (Å²) >= 11 is 0. The van der Waals surface area contributed by atoms with Crippen molar-refractivity contribution < 1.29 is 52.9 Å². The highest BCUT2D eigenvalue weighted by molar-refractivity contribution is 7.47. The first-order valence-corrected chi connectivity index (χ1v) is 22.5. The van der Waals surface area contributed by atoms with Gasteiger partial charge in [0.2, 0.25) is 0 Å². The van der Waals surface area contributed by atoms with Crippen LogP contribution in [-0.4, -0.2) is 76.9 Å². The Morgan fingerprint density at radius 2 is 1.11 bits per heavy atom. The second-order valence-corrected chi connectivity index (χ2v) is 15.7. The molecule has 0 radical (unpaired) electrons. The molecule has 0 saturated carbocycles. The third-order valence-corrected chi connectivity index (χ3v) is 9.82. The highest BCUT2D eigenvalue weighted by Gasteiger charge is 2.27. The van der Waals surface area contributed by atoms with Gasteiger partial charge in [0.25, 0.3) is 0 Å². The molecular weight excluding hydrogens is 711 g/mol. The van der Waals surface area contributed by atoms with E-state index in [-0.39, 0.29) is 25.6 Å². The maximum Gasteiger partial charge on any atom is 0.472 e. The molecule has 0 aliphatic rings. The summed E-state index contributed by atoms with van der Waals surface area (Å²) in [5.41, 5.74) is 0. The summed E-state index contributed by atoms with van der Waals surface area (Å²) in [6.45, 7) is 2.19. The molecule has 0 aromatic carbocycles. The maximum atomic E-state index is 12.6. The maximum absolute atomic E-state index is 12.6. The first kappa shape index (κ1) is 52.2. The van der Waals surface area contributed by atoms with Crippen LogP contribution in [0.15, 0.2) is 36.5 Å². The lowest BCUT2D eigenvalue weighted by Gasteiger charge is -2.20. The fourth-order valence-electron chi connectivity index (χ4n) is 5.54. The molecule has 0 aliphatic heterocycles. The summed E-state index contributed by atoms with van der Waals surface area (Å²) in [6.07, 6.45) is 34.3. The summed E-state index contributed by atoms with van der Waals surface area (Å²) < 4.78 is 32.6. The fraction of sp³-hybridized carbons (Fsp3) is 0.810. The number of hydrogen-bond acceptors (Lipinski definition) is 10. The Labute approximate surface area is 327 Å². The predicted molar refractivity (Wildman–Crippen MR) is 216 cm³/mol. The lowest BCUT2D eigenvalue weighted by atomic mass is 10.1. The van der Waals surface area contributed by atoms with E-state index in [4.69, 9.17) is 19.1 Å². The van der Waals surface area contributed by atoms with Gasteiger partial charge in [0.15, 0.2) is 6.10 Å². The standard InChI is InChI=1S/C42H77O11P/c1-3-5-7-8-9-10-11-12-13-14-15-18-21-24-28-32-41(46)50-36-40(37-52-54(48,49)51-35-39(45)34-43)53-42(47)33-29-25-22-19-16-17-20-23-27-31-38(44)30-26-6-4-2/h12-13,20,23,27,31,38-40,43-45H,3-11,14-19,21-22,24-26,28-30,32-37H2,1-2H3,(H,48,49)/b13-12-,23-20-,31-27+. The number of rotatable bonds is 39. The third kappa shape index (κ3) is 37.1. The lowest BCUT2D eigenvalue weighted by Crippen LogP contribution is -2.29. The number of carbonyl (C=O) groups is 2. The average molecular weight is 789 g/mol. The van der Waals surface area contributed by atoms with E-state index in [9.17, 15) is 29.3 Å². The normalized spacial score (nSPS) is 14.9. The zero-order valence-electron chi connectivity index (χ0n) is 33.8. The van der Waals surface area contributed by atoms with Crippen LogP contribution in [0.4, 0.5) is 0 Å². The average Bonchev–Trinajstić information content (AvgIpc) is 3.15. The summed E-state index contributed by atoms with van der Waals surface area (Å²) in [5, 5.41) is 28.2. The van der Waals surface area contributed by atoms with Crippen molar-refractivity contribution in [3.05, 3.63) is 36.5 Å². The second kappa shape index (κ2) is 38.0. The molecule has 0 aliphatic carbocycles.